The van der Waals surface area contributed by atoms with Crippen LogP contribution in [0.4, 0.5) is 11.4 Å². The standard InChI is InChI=1S/C15H13N5O2/c21-20(22)15-8-6-14(7-9-15)19(18-11-16-17-12-18)10-13-4-2-1-3-5-13/h1-9,11-12H,10H2. The third kappa shape index (κ3) is 2.93. The van der Waals surface area contributed by atoms with Gasteiger partial charge in [-0.25, -0.2) is 4.68 Å². The maximum Gasteiger partial charge on any atom is 0.269 e. The molecule has 22 heavy (non-hydrogen) atoms. The van der Waals surface area contributed by atoms with Crippen LogP contribution in [0.5, 0.6) is 0 Å². The zero-order chi connectivity index (χ0) is 15.4. The number of non-ortho nitro benzene ring substituents is 1. The van der Waals surface area contributed by atoms with Gasteiger partial charge in [-0.1, -0.05) is 30.3 Å². The Hall–Kier alpha value is -3.22. The first-order valence-corrected chi connectivity index (χ1v) is 6.65. The van der Waals surface area contributed by atoms with Gasteiger partial charge in [-0.3, -0.25) is 15.1 Å². The van der Waals surface area contributed by atoms with Crippen molar-refractivity contribution in [2.75, 3.05) is 5.01 Å². The van der Waals surface area contributed by atoms with Crippen LogP contribution >= 0.6 is 0 Å². The molecule has 0 aliphatic heterocycles. The van der Waals surface area contributed by atoms with E-state index in [4.69, 9.17) is 0 Å². The molecule has 0 unspecified atom stereocenters. The van der Waals surface area contributed by atoms with Gasteiger partial charge in [-0.15, -0.1) is 10.2 Å². The van der Waals surface area contributed by atoms with Crippen molar-refractivity contribution in [3.8, 4) is 0 Å². The number of nitro groups is 1. The molecule has 0 amide bonds. The van der Waals surface area contributed by atoms with Crippen molar-refractivity contribution < 1.29 is 4.92 Å². The molecule has 0 spiro atoms. The molecule has 0 atom stereocenters. The lowest BCUT2D eigenvalue weighted by Gasteiger charge is -2.24. The Balaban J connectivity index is 1.93. The van der Waals surface area contributed by atoms with Crippen molar-refractivity contribution in [3.63, 3.8) is 0 Å². The molecule has 0 aliphatic carbocycles. The fourth-order valence-corrected chi connectivity index (χ4v) is 2.13. The fourth-order valence-electron chi connectivity index (χ4n) is 2.13. The maximum absolute atomic E-state index is 10.8. The molecule has 0 radical (unpaired) electrons. The van der Waals surface area contributed by atoms with Crippen LogP contribution < -0.4 is 5.01 Å². The predicted molar refractivity (Wildman–Crippen MR) is 81.1 cm³/mol. The van der Waals surface area contributed by atoms with Crippen LogP contribution in [-0.2, 0) is 6.54 Å². The van der Waals surface area contributed by atoms with Gasteiger partial charge in [0.15, 0.2) is 0 Å². The fraction of sp³-hybridized carbons (Fsp3) is 0.0667. The Morgan fingerprint density at radius 1 is 1.00 bits per heavy atom. The third-order valence-electron chi connectivity index (χ3n) is 3.22. The summed E-state index contributed by atoms with van der Waals surface area (Å²) in [6, 6.07) is 16.3. The molecule has 3 rings (SSSR count). The van der Waals surface area contributed by atoms with E-state index in [9.17, 15) is 10.1 Å². The minimum atomic E-state index is -0.413. The molecule has 0 aliphatic rings. The molecule has 2 aromatic carbocycles. The molecule has 0 bridgehead atoms. The number of nitrogens with zero attached hydrogens (tertiary/aromatic N) is 5. The van der Waals surface area contributed by atoms with Gasteiger partial charge >= 0.3 is 0 Å². The third-order valence-corrected chi connectivity index (χ3v) is 3.22. The molecule has 0 saturated carbocycles. The quantitative estimate of drug-likeness (QED) is 0.534. The zero-order valence-corrected chi connectivity index (χ0v) is 11.6. The highest BCUT2D eigenvalue weighted by atomic mass is 16.6. The molecule has 0 saturated heterocycles. The van der Waals surface area contributed by atoms with Crippen molar-refractivity contribution in [2.24, 2.45) is 0 Å². The second-order valence-corrected chi connectivity index (χ2v) is 4.66. The van der Waals surface area contributed by atoms with E-state index in [1.807, 2.05) is 35.3 Å². The number of benzene rings is 2. The zero-order valence-electron chi connectivity index (χ0n) is 11.6. The summed E-state index contributed by atoms with van der Waals surface area (Å²) < 4.78 is 1.74. The van der Waals surface area contributed by atoms with Crippen LogP contribution in [0.1, 0.15) is 5.56 Å². The van der Waals surface area contributed by atoms with E-state index >= 15 is 0 Å². The molecule has 7 heteroatoms. The summed E-state index contributed by atoms with van der Waals surface area (Å²) in [5.74, 6) is 0. The van der Waals surface area contributed by atoms with Crippen molar-refractivity contribution in [1.29, 1.82) is 0 Å². The highest BCUT2D eigenvalue weighted by Crippen LogP contribution is 2.21. The average Bonchev–Trinajstić information content (AvgIpc) is 3.08. The summed E-state index contributed by atoms with van der Waals surface area (Å²) in [6.45, 7) is 0.594. The highest BCUT2D eigenvalue weighted by molar-refractivity contribution is 5.50. The number of hydrogen-bond donors (Lipinski definition) is 0. The normalized spacial score (nSPS) is 10.4. The minimum absolute atomic E-state index is 0.0622. The van der Waals surface area contributed by atoms with E-state index < -0.39 is 4.92 Å². The monoisotopic (exact) mass is 295 g/mol. The van der Waals surface area contributed by atoms with Gasteiger partial charge < -0.3 is 0 Å². The van der Waals surface area contributed by atoms with Crippen LogP contribution in [0.2, 0.25) is 0 Å². The lowest BCUT2D eigenvalue weighted by Crippen LogP contribution is -2.27. The van der Waals surface area contributed by atoms with Crippen LogP contribution in [0.25, 0.3) is 0 Å². The van der Waals surface area contributed by atoms with E-state index in [0.717, 1.165) is 11.3 Å². The smallest absolute Gasteiger partial charge is 0.269 e. The molecule has 3 aromatic rings. The number of nitro benzene ring substituents is 1. The van der Waals surface area contributed by atoms with Gasteiger partial charge in [0, 0.05) is 12.1 Å². The Labute approximate surface area is 126 Å². The van der Waals surface area contributed by atoms with Crippen LogP contribution in [0.3, 0.4) is 0 Å². The van der Waals surface area contributed by atoms with E-state index in [2.05, 4.69) is 10.2 Å². The number of anilines is 1. The average molecular weight is 295 g/mol. The van der Waals surface area contributed by atoms with Crippen LogP contribution in [0.15, 0.2) is 67.3 Å². The van der Waals surface area contributed by atoms with E-state index in [1.165, 1.54) is 12.1 Å². The Morgan fingerprint density at radius 2 is 1.64 bits per heavy atom. The molecule has 1 aromatic heterocycles. The largest absolute Gasteiger partial charge is 0.274 e. The van der Waals surface area contributed by atoms with E-state index in [-0.39, 0.29) is 5.69 Å². The maximum atomic E-state index is 10.8. The molecular formula is C15H13N5O2. The summed E-state index contributed by atoms with van der Waals surface area (Å²) in [6.07, 6.45) is 3.18. The van der Waals surface area contributed by atoms with Gasteiger partial charge in [0.25, 0.3) is 5.69 Å². The Morgan fingerprint density at radius 3 is 2.23 bits per heavy atom. The van der Waals surface area contributed by atoms with Crippen molar-refractivity contribution >= 4 is 11.4 Å². The van der Waals surface area contributed by atoms with Crippen LogP contribution in [0, 0.1) is 10.1 Å². The predicted octanol–water partition coefficient (Wildman–Crippen LogP) is 2.66. The number of hydrogen-bond acceptors (Lipinski definition) is 5. The Kier molecular flexibility index (Phi) is 3.78. The first kappa shape index (κ1) is 13.7. The topological polar surface area (TPSA) is 77.1 Å². The molecule has 1 heterocycles. The molecule has 110 valence electrons. The summed E-state index contributed by atoms with van der Waals surface area (Å²) in [4.78, 5) is 10.4. The second kappa shape index (κ2) is 6.04. The first-order chi connectivity index (χ1) is 10.7. The first-order valence-electron chi connectivity index (χ1n) is 6.65. The number of aromatic nitrogens is 3. The van der Waals surface area contributed by atoms with Gasteiger partial charge in [-0.05, 0) is 17.7 Å². The highest BCUT2D eigenvalue weighted by Gasteiger charge is 2.12. The second-order valence-electron chi connectivity index (χ2n) is 4.66. The Bertz CT molecular complexity index is 741. The lowest BCUT2D eigenvalue weighted by molar-refractivity contribution is -0.384. The van der Waals surface area contributed by atoms with Gasteiger partial charge in [0.2, 0.25) is 0 Å². The molecule has 0 fully saturated rings. The molecule has 7 nitrogen and oxygen atoms in total. The van der Waals surface area contributed by atoms with Gasteiger partial charge in [0.05, 0.1) is 17.2 Å². The molecular weight excluding hydrogens is 282 g/mol. The van der Waals surface area contributed by atoms with Crippen molar-refractivity contribution in [1.82, 2.24) is 14.9 Å². The van der Waals surface area contributed by atoms with E-state index in [1.54, 1.807) is 29.5 Å². The summed E-state index contributed by atoms with van der Waals surface area (Å²) in [5, 5.41) is 20.3. The van der Waals surface area contributed by atoms with Crippen molar-refractivity contribution in [3.05, 3.63) is 82.9 Å². The molecule has 0 N–H and O–H groups in total. The van der Waals surface area contributed by atoms with Crippen LogP contribution in [-0.4, -0.2) is 19.8 Å². The van der Waals surface area contributed by atoms with Gasteiger partial charge in [-0.2, -0.15) is 0 Å². The van der Waals surface area contributed by atoms with Gasteiger partial charge in [0.1, 0.15) is 12.7 Å². The lowest BCUT2D eigenvalue weighted by atomic mass is 10.2. The van der Waals surface area contributed by atoms with Crippen molar-refractivity contribution in [2.45, 2.75) is 6.54 Å². The summed E-state index contributed by atoms with van der Waals surface area (Å²) in [7, 11) is 0. The minimum Gasteiger partial charge on any atom is -0.274 e. The SMILES string of the molecule is O=[N+]([O-])c1ccc(N(Cc2ccccc2)n2cnnc2)cc1. The summed E-state index contributed by atoms with van der Waals surface area (Å²) in [5.41, 5.74) is 1.98. The number of rotatable bonds is 5. The van der Waals surface area contributed by atoms with E-state index in [0.29, 0.717) is 6.54 Å². The summed E-state index contributed by atoms with van der Waals surface area (Å²) >= 11 is 0.